The second-order valence-electron chi connectivity index (χ2n) is 3.92. The number of ether oxygens (including phenoxy) is 1. The molecule has 0 unspecified atom stereocenters. The summed E-state index contributed by atoms with van der Waals surface area (Å²) >= 11 is 1.66. The highest BCUT2D eigenvalue weighted by Gasteiger charge is 2.24. The van der Waals surface area contributed by atoms with Crippen molar-refractivity contribution in [2.75, 3.05) is 11.3 Å². The molecule has 2 aromatic rings. The summed E-state index contributed by atoms with van der Waals surface area (Å²) in [5, 5.41) is 1.74. The molecule has 0 spiro atoms. The normalized spacial score (nSPS) is 11.3. The van der Waals surface area contributed by atoms with Gasteiger partial charge >= 0.3 is 10.8 Å². The molecule has 0 aliphatic heterocycles. The molecule has 0 radical (unpaired) electrons. The maximum Gasteiger partial charge on any atom is 0.341 e. The highest BCUT2D eigenvalue weighted by molar-refractivity contribution is 7.94. The van der Waals surface area contributed by atoms with E-state index in [1.54, 1.807) is 12.3 Å². The number of nitrogens with one attached hydrogen (secondary N) is 2. The van der Waals surface area contributed by atoms with Crippen molar-refractivity contribution in [3.05, 3.63) is 32.4 Å². The highest BCUT2D eigenvalue weighted by Crippen LogP contribution is 2.28. The van der Waals surface area contributed by atoms with Crippen molar-refractivity contribution in [2.45, 2.75) is 18.1 Å². The van der Waals surface area contributed by atoms with Crippen LogP contribution in [0, 0.1) is 6.92 Å². The number of hydrogen-bond acceptors (Lipinski definition) is 7. The van der Waals surface area contributed by atoms with Crippen molar-refractivity contribution < 1.29 is 17.9 Å². The third-order valence-corrected chi connectivity index (χ3v) is 6.33. The first-order valence-corrected chi connectivity index (χ1v) is 9.00. The van der Waals surface area contributed by atoms with E-state index in [9.17, 15) is 18.0 Å². The van der Waals surface area contributed by atoms with Crippen molar-refractivity contribution >= 4 is 43.7 Å². The Kier molecular flexibility index (Phi) is 4.49. The van der Waals surface area contributed by atoms with E-state index in [1.165, 1.54) is 13.0 Å². The zero-order chi connectivity index (χ0) is 15.6. The maximum atomic E-state index is 12.3. The summed E-state index contributed by atoms with van der Waals surface area (Å²) in [5.41, 5.74) is 0.401. The molecular formula is C11H12N2O5S3. The summed E-state index contributed by atoms with van der Waals surface area (Å²) in [4.78, 5) is 24.9. The van der Waals surface area contributed by atoms with Gasteiger partial charge in [-0.15, -0.1) is 11.3 Å². The molecule has 114 valence electrons. The van der Waals surface area contributed by atoms with Gasteiger partial charge in [0.2, 0.25) is 0 Å². The number of thiophene rings is 1. The fraction of sp³-hybridized carbons (Fsp3) is 0.273. The molecule has 2 aromatic heterocycles. The van der Waals surface area contributed by atoms with Crippen molar-refractivity contribution in [2.24, 2.45) is 0 Å². The molecular weight excluding hydrogens is 336 g/mol. The summed E-state index contributed by atoms with van der Waals surface area (Å²) in [5.74, 6) is -0.601. The fourth-order valence-corrected chi connectivity index (χ4v) is 4.98. The minimum atomic E-state index is -3.92. The monoisotopic (exact) mass is 348 g/mol. The Hall–Kier alpha value is -1.65. The molecule has 0 aliphatic rings. The number of anilines is 1. The maximum absolute atomic E-state index is 12.3. The van der Waals surface area contributed by atoms with E-state index in [1.807, 2.05) is 0 Å². The number of aryl methyl sites for hydroxylation is 1. The predicted octanol–water partition coefficient (Wildman–Crippen LogP) is 1.78. The SMILES string of the molecule is CCOC(=O)c1ccsc1NS(=O)(=O)c1sc(=O)[nH]c1C. The first-order valence-electron chi connectivity index (χ1n) is 5.82. The van der Waals surface area contributed by atoms with E-state index in [0.717, 1.165) is 11.3 Å². The number of sulfonamides is 1. The Balaban J connectivity index is 2.34. The Morgan fingerprint density at radius 1 is 1.48 bits per heavy atom. The molecule has 0 atom stereocenters. The van der Waals surface area contributed by atoms with Crippen LogP contribution in [0.2, 0.25) is 0 Å². The third kappa shape index (κ3) is 3.34. The lowest BCUT2D eigenvalue weighted by Gasteiger charge is -2.07. The lowest BCUT2D eigenvalue weighted by molar-refractivity contribution is 0.0528. The Labute approximate surface area is 128 Å². The lowest BCUT2D eigenvalue weighted by atomic mass is 10.3. The average Bonchev–Trinajstić information content (AvgIpc) is 2.96. The smallest absolute Gasteiger partial charge is 0.341 e. The Morgan fingerprint density at radius 2 is 2.19 bits per heavy atom. The number of carbonyl (C=O) groups is 1. The molecule has 2 rings (SSSR count). The van der Waals surface area contributed by atoms with Crippen LogP contribution in [0.15, 0.2) is 20.5 Å². The molecule has 21 heavy (non-hydrogen) atoms. The molecule has 0 bridgehead atoms. The van der Waals surface area contributed by atoms with Gasteiger partial charge in [-0.2, -0.15) is 0 Å². The Bertz CT molecular complexity index is 815. The highest BCUT2D eigenvalue weighted by atomic mass is 32.2. The zero-order valence-corrected chi connectivity index (χ0v) is 13.6. The number of hydrogen-bond donors (Lipinski definition) is 2. The molecule has 10 heteroatoms. The summed E-state index contributed by atoms with van der Waals surface area (Å²) in [7, 11) is -3.92. The van der Waals surface area contributed by atoms with E-state index in [0.29, 0.717) is 11.3 Å². The minimum Gasteiger partial charge on any atom is -0.462 e. The molecule has 0 saturated carbocycles. The molecule has 0 aromatic carbocycles. The van der Waals surface area contributed by atoms with E-state index in [4.69, 9.17) is 4.74 Å². The predicted molar refractivity (Wildman–Crippen MR) is 80.8 cm³/mol. The van der Waals surface area contributed by atoms with E-state index in [-0.39, 0.29) is 27.1 Å². The van der Waals surface area contributed by atoms with Gasteiger partial charge in [0.15, 0.2) is 4.21 Å². The lowest BCUT2D eigenvalue weighted by Crippen LogP contribution is -2.14. The van der Waals surface area contributed by atoms with E-state index < -0.39 is 20.9 Å². The Morgan fingerprint density at radius 3 is 2.76 bits per heavy atom. The van der Waals surface area contributed by atoms with Crippen LogP contribution in [0.3, 0.4) is 0 Å². The largest absolute Gasteiger partial charge is 0.462 e. The summed E-state index contributed by atoms with van der Waals surface area (Å²) < 4.78 is 31.6. The number of esters is 1. The first-order chi connectivity index (χ1) is 9.85. The van der Waals surface area contributed by atoms with Gasteiger partial charge in [-0.05, 0) is 25.3 Å². The van der Waals surface area contributed by atoms with E-state index in [2.05, 4.69) is 9.71 Å². The van der Waals surface area contributed by atoms with Gasteiger partial charge in [0.05, 0.1) is 12.2 Å². The number of rotatable bonds is 5. The molecule has 2 heterocycles. The van der Waals surface area contributed by atoms with Gasteiger partial charge in [-0.1, -0.05) is 11.3 Å². The van der Waals surface area contributed by atoms with Crippen LogP contribution in [0.1, 0.15) is 23.0 Å². The number of H-pyrrole nitrogens is 1. The second-order valence-corrected chi connectivity index (χ2v) is 7.69. The number of aromatic nitrogens is 1. The molecule has 0 amide bonds. The summed E-state index contributed by atoms with van der Waals surface area (Å²) in [6, 6.07) is 1.48. The summed E-state index contributed by atoms with van der Waals surface area (Å²) in [6.07, 6.45) is 0. The number of thiazole rings is 1. The van der Waals surface area contributed by atoms with Gasteiger partial charge in [0.1, 0.15) is 5.00 Å². The van der Waals surface area contributed by atoms with Gasteiger partial charge < -0.3 is 9.72 Å². The standard InChI is InChI=1S/C11H12N2O5S3/c1-3-18-9(14)7-4-5-19-8(7)13-21(16,17)10-6(2)12-11(15)20-10/h4-5,13H,3H2,1-2H3,(H,12,15). The van der Waals surface area contributed by atoms with Crippen molar-refractivity contribution in [1.82, 2.24) is 4.98 Å². The van der Waals surface area contributed by atoms with Crippen molar-refractivity contribution in [3.63, 3.8) is 0 Å². The van der Waals surface area contributed by atoms with Gasteiger partial charge in [0, 0.05) is 5.69 Å². The quantitative estimate of drug-likeness (QED) is 0.801. The summed E-state index contributed by atoms with van der Waals surface area (Å²) in [6.45, 7) is 3.35. The van der Waals surface area contributed by atoms with Gasteiger partial charge in [0.25, 0.3) is 10.0 Å². The van der Waals surface area contributed by atoms with Gasteiger partial charge in [-0.25, -0.2) is 13.2 Å². The van der Waals surface area contributed by atoms with E-state index >= 15 is 0 Å². The third-order valence-electron chi connectivity index (χ3n) is 2.41. The molecule has 7 nitrogen and oxygen atoms in total. The number of aromatic amines is 1. The number of carbonyl (C=O) groups excluding carboxylic acids is 1. The van der Waals surface area contributed by atoms with Crippen LogP contribution in [-0.2, 0) is 14.8 Å². The molecule has 0 fully saturated rings. The molecule has 0 saturated heterocycles. The van der Waals surface area contributed by atoms with Crippen LogP contribution in [0.5, 0.6) is 0 Å². The first kappa shape index (κ1) is 15.7. The van der Waals surface area contributed by atoms with Gasteiger partial charge in [-0.3, -0.25) is 9.52 Å². The van der Waals surface area contributed by atoms with Crippen LogP contribution in [0.4, 0.5) is 5.00 Å². The van der Waals surface area contributed by atoms with Crippen LogP contribution in [0.25, 0.3) is 0 Å². The molecule has 0 aliphatic carbocycles. The topological polar surface area (TPSA) is 105 Å². The van der Waals surface area contributed by atoms with Crippen LogP contribution >= 0.6 is 22.7 Å². The van der Waals surface area contributed by atoms with Crippen molar-refractivity contribution in [1.29, 1.82) is 0 Å². The molecule has 2 N–H and O–H groups in total. The fourth-order valence-electron chi connectivity index (χ4n) is 1.57. The van der Waals surface area contributed by atoms with Crippen molar-refractivity contribution in [3.8, 4) is 0 Å². The van der Waals surface area contributed by atoms with Crippen LogP contribution in [-0.4, -0.2) is 26.0 Å². The second kappa shape index (κ2) is 6.00. The average molecular weight is 348 g/mol. The minimum absolute atomic E-state index is 0.101. The zero-order valence-electron chi connectivity index (χ0n) is 11.1. The van der Waals surface area contributed by atoms with Crippen LogP contribution < -0.4 is 9.60 Å².